The van der Waals surface area contributed by atoms with Crippen LogP contribution in [0.15, 0.2) is 0 Å². The predicted octanol–water partition coefficient (Wildman–Crippen LogP) is 3.43. The zero-order valence-corrected chi connectivity index (χ0v) is 19.6. The third-order valence-electron chi connectivity index (χ3n) is 5.65. The molecule has 0 heterocycles. The van der Waals surface area contributed by atoms with Crippen molar-refractivity contribution in [3.05, 3.63) is 0 Å². The lowest BCUT2D eigenvalue weighted by atomic mass is 9.99. The average molecular weight is 447 g/mol. The molecule has 0 bridgehead atoms. The van der Waals surface area contributed by atoms with Gasteiger partial charge in [0.05, 0.1) is 0 Å². The zero-order valence-electron chi connectivity index (χ0n) is 19.6. The largest absolute Gasteiger partial charge is 0.463 e. The fourth-order valence-electron chi connectivity index (χ4n) is 3.45. The molecule has 184 valence electrons. The molecule has 31 heavy (non-hydrogen) atoms. The molecule has 0 aliphatic heterocycles. The van der Waals surface area contributed by atoms with Crippen molar-refractivity contribution in [3.8, 4) is 0 Å². The lowest BCUT2D eigenvalue weighted by Crippen LogP contribution is -2.48. The molecule has 0 spiro atoms. The Hall–Kier alpha value is -1.02. The second kappa shape index (κ2) is 19.6. The van der Waals surface area contributed by atoms with Crippen LogP contribution in [0.4, 0.5) is 0 Å². The molecule has 0 amide bonds. The highest BCUT2D eigenvalue weighted by molar-refractivity contribution is 5.83. The molecule has 7 nitrogen and oxygen atoms in total. The van der Waals surface area contributed by atoms with Crippen LogP contribution in [0.3, 0.4) is 0 Å². The first kappa shape index (κ1) is 30.0. The molecule has 0 unspecified atom stereocenters. The number of carbonyl (C=O) groups is 2. The van der Waals surface area contributed by atoms with Crippen LogP contribution in [0.2, 0.25) is 0 Å². The summed E-state index contributed by atoms with van der Waals surface area (Å²) < 4.78 is 4.92. The number of aliphatic hydroxyl groups is 4. The summed E-state index contributed by atoms with van der Waals surface area (Å²) in [5, 5.41) is 39.0. The van der Waals surface area contributed by atoms with Gasteiger partial charge in [-0.1, -0.05) is 90.9 Å². The highest BCUT2D eigenvalue weighted by Crippen LogP contribution is 2.13. The summed E-state index contributed by atoms with van der Waals surface area (Å²) in [6.07, 6.45) is 9.05. The normalized spacial score (nSPS) is 15.3. The van der Waals surface area contributed by atoms with Gasteiger partial charge in [-0.15, -0.1) is 0 Å². The van der Waals surface area contributed by atoms with Crippen LogP contribution in [0, 0.1) is 0 Å². The number of ether oxygens (including phenoxy) is 1. The molecule has 0 saturated carbocycles. The van der Waals surface area contributed by atoms with Gasteiger partial charge in [-0.05, 0) is 6.42 Å². The highest BCUT2D eigenvalue weighted by Gasteiger charge is 2.34. The molecule has 0 rings (SSSR count). The van der Waals surface area contributed by atoms with Crippen LogP contribution >= 0.6 is 0 Å². The lowest BCUT2D eigenvalue weighted by molar-refractivity contribution is -0.159. The Morgan fingerprint density at radius 2 is 1.13 bits per heavy atom. The standard InChI is InChI=1S/C24H46O7/c1-3-5-6-7-8-9-10-11-12-13-14-15-16-17-21(27)31-18-20(26)23(29)24(30)22(28)19(25)4-2/h20,22-24,26,28-30H,3-18H2,1-2H3/t20-,22+,23-,24-/m1/s1. The second-order valence-electron chi connectivity index (χ2n) is 8.49. The fourth-order valence-corrected chi connectivity index (χ4v) is 3.45. The van der Waals surface area contributed by atoms with Crippen LogP contribution < -0.4 is 0 Å². The second-order valence-corrected chi connectivity index (χ2v) is 8.49. The van der Waals surface area contributed by atoms with E-state index in [2.05, 4.69) is 6.92 Å². The number of ketones is 1. The molecule has 0 aromatic rings. The van der Waals surface area contributed by atoms with Gasteiger partial charge in [0.25, 0.3) is 0 Å². The number of carbonyl (C=O) groups excluding carboxylic acids is 2. The van der Waals surface area contributed by atoms with Gasteiger partial charge in [0, 0.05) is 12.8 Å². The molecule has 0 radical (unpaired) electrons. The molecule has 0 aliphatic rings. The van der Waals surface area contributed by atoms with Crippen molar-refractivity contribution in [2.75, 3.05) is 6.61 Å². The van der Waals surface area contributed by atoms with Crippen molar-refractivity contribution in [2.45, 2.75) is 135 Å². The molecule has 0 aromatic heterocycles. The Kier molecular flexibility index (Phi) is 19.0. The monoisotopic (exact) mass is 446 g/mol. The number of unbranched alkanes of at least 4 members (excludes halogenated alkanes) is 12. The van der Waals surface area contributed by atoms with Gasteiger partial charge in [-0.2, -0.15) is 0 Å². The molecule has 0 aliphatic carbocycles. The molecular weight excluding hydrogens is 400 g/mol. The van der Waals surface area contributed by atoms with E-state index in [1.165, 1.54) is 71.1 Å². The molecule has 7 heteroatoms. The molecule has 4 atom stereocenters. The molecule has 0 aromatic carbocycles. The Balaban J connectivity index is 3.66. The maximum absolute atomic E-state index is 11.7. The van der Waals surface area contributed by atoms with Crippen LogP contribution in [-0.2, 0) is 14.3 Å². The van der Waals surface area contributed by atoms with Crippen molar-refractivity contribution < 1.29 is 34.8 Å². The summed E-state index contributed by atoms with van der Waals surface area (Å²) in [5.74, 6) is -1.12. The zero-order chi connectivity index (χ0) is 23.5. The minimum atomic E-state index is -1.83. The smallest absolute Gasteiger partial charge is 0.305 e. The number of hydrogen-bond donors (Lipinski definition) is 4. The van der Waals surface area contributed by atoms with Crippen molar-refractivity contribution in [1.29, 1.82) is 0 Å². The van der Waals surface area contributed by atoms with E-state index in [0.29, 0.717) is 6.42 Å². The van der Waals surface area contributed by atoms with Gasteiger partial charge in [0.15, 0.2) is 5.78 Å². The maximum Gasteiger partial charge on any atom is 0.305 e. The molecule has 0 fully saturated rings. The van der Waals surface area contributed by atoms with Gasteiger partial charge in [0.2, 0.25) is 0 Å². The van der Waals surface area contributed by atoms with E-state index in [4.69, 9.17) is 4.74 Å². The summed E-state index contributed by atoms with van der Waals surface area (Å²) in [5.41, 5.74) is 0. The minimum Gasteiger partial charge on any atom is -0.463 e. The number of aliphatic hydroxyl groups excluding tert-OH is 4. The summed E-state index contributed by atoms with van der Waals surface area (Å²) in [6.45, 7) is 3.25. The molecular formula is C24H46O7. The van der Waals surface area contributed by atoms with Crippen molar-refractivity contribution >= 4 is 11.8 Å². The predicted molar refractivity (Wildman–Crippen MR) is 121 cm³/mol. The molecule has 4 N–H and O–H groups in total. The van der Waals surface area contributed by atoms with Crippen LogP contribution in [0.1, 0.15) is 110 Å². The Morgan fingerprint density at radius 3 is 1.58 bits per heavy atom. The quantitative estimate of drug-likeness (QED) is 0.157. The Morgan fingerprint density at radius 1 is 0.677 bits per heavy atom. The van der Waals surface area contributed by atoms with Gasteiger partial charge in [0.1, 0.15) is 31.0 Å². The van der Waals surface area contributed by atoms with Crippen LogP contribution in [0.25, 0.3) is 0 Å². The summed E-state index contributed by atoms with van der Waals surface area (Å²) in [4.78, 5) is 23.1. The average Bonchev–Trinajstić information content (AvgIpc) is 2.78. The van der Waals surface area contributed by atoms with Gasteiger partial charge in [-0.3, -0.25) is 9.59 Å². The maximum atomic E-state index is 11.7. The highest BCUT2D eigenvalue weighted by atomic mass is 16.5. The van der Waals surface area contributed by atoms with E-state index >= 15 is 0 Å². The first-order valence-electron chi connectivity index (χ1n) is 12.3. The van der Waals surface area contributed by atoms with Crippen molar-refractivity contribution in [1.82, 2.24) is 0 Å². The van der Waals surface area contributed by atoms with E-state index < -0.39 is 42.8 Å². The van der Waals surface area contributed by atoms with Crippen molar-refractivity contribution in [3.63, 3.8) is 0 Å². The summed E-state index contributed by atoms with van der Waals surface area (Å²) >= 11 is 0. The first-order chi connectivity index (χ1) is 14.8. The van der Waals surface area contributed by atoms with Crippen LogP contribution in [0.5, 0.6) is 0 Å². The third-order valence-corrected chi connectivity index (χ3v) is 5.65. The van der Waals surface area contributed by atoms with Gasteiger partial charge in [-0.25, -0.2) is 0 Å². The van der Waals surface area contributed by atoms with Gasteiger partial charge < -0.3 is 25.2 Å². The number of Topliss-reactive ketones (excluding diaryl/α,β-unsaturated/α-hetero) is 1. The van der Waals surface area contributed by atoms with E-state index in [0.717, 1.165) is 12.8 Å². The SMILES string of the molecule is CCCCCCCCCCCCCCCC(=O)OC[C@@H](O)[C@@H](O)[C@H](O)[C@@H](O)C(=O)CC. The van der Waals surface area contributed by atoms with E-state index in [-0.39, 0.29) is 12.8 Å². The van der Waals surface area contributed by atoms with Crippen molar-refractivity contribution in [2.24, 2.45) is 0 Å². The Labute approximate surface area is 188 Å². The summed E-state index contributed by atoms with van der Waals surface area (Å²) in [7, 11) is 0. The van der Waals surface area contributed by atoms with E-state index in [1.807, 2.05) is 0 Å². The van der Waals surface area contributed by atoms with E-state index in [1.54, 1.807) is 0 Å². The summed E-state index contributed by atoms with van der Waals surface area (Å²) in [6, 6.07) is 0. The Bertz CT molecular complexity index is 455. The fraction of sp³-hybridized carbons (Fsp3) is 0.917. The minimum absolute atomic E-state index is 0.00481. The van der Waals surface area contributed by atoms with E-state index in [9.17, 15) is 30.0 Å². The van der Waals surface area contributed by atoms with Crippen LogP contribution in [-0.4, -0.2) is 63.2 Å². The number of rotatable bonds is 21. The lowest BCUT2D eigenvalue weighted by Gasteiger charge is -2.25. The first-order valence-corrected chi connectivity index (χ1v) is 12.3. The molecule has 0 saturated heterocycles. The third kappa shape index (κ3) is 15.4. The van der Waals surface area contributed by atoms with Gasteiger partial charge >= 0.3 is 5.97 Å². The number of esters is 1. The topological polar surface area (TPSA) is 124 Å². The number of hydrogen-bond acceptors (Lipinski definition) is 7.